The minimum absolute atomic E-state index is 0.0790. The molecule has 0 bridgehead atoms. The molecule has 0 unspecified atom stereocenters. The first-order chi connectivity index (χ1) is 17.1. The van der Waals surface area contributed by atoms with E-state index in [1.807, 2.05) is 35.5 Å². The van der Waals surface area contributed by atoms with Gasteiger partial charge in [-0.15, -0.1) is 0 Å². The fraction of sp³-hybridized carbons (Fsp3) is 0.519. The minimum atomic E-state index is -0.189. The SMILES string of the molecule is COC(=O)CCN(CCc1ccccc1)N1CCC(C(=O)N2CCN(c3ccncc3)CC2)CC1. The number of carbonyl (C=O) groups excluding carboxylic acids is 2. The molecule has 3 heterocycles. The van der Waals surface area contributed by atoms with E-state index in [0.29, 0.717) is 18.9 Å². The van der Waals surface area contributed by atoms with Gasteiger partial charge < -0.3 is 14.5 Å². The van der Waals surface area contributed by atoms with E-state index < -0.39 is 0 Å². The molecule has 2 aromatic rings. The number of piperidine rings is 1. The Bertz CT molecular complexity index is 926. The largest absolute Gasteiger partial charge is 0.469 e. The van der Waals surface area contributed by atoms with Gasteiger partial charge in [-0.2, -0.15) is 0 Å². The lowest BCUT2D eigenvalue weighted by atomic mass is 9.95. The van der Waals surface area contributed by atoms with Crippen LogP contribution in [0.5, 0.6) is 0 Å². The van der Waals surface area contributed by atoms with Crippen LogP contribution in [-0.2, 0) is 20.7 Å². The van der Waals surface area contributed by atoms with Crippen molar-refractivity contribution in [2.45, 2.75) is 25.7 Å². The molecular formula is C27H37N5O3. The van der Waals surface area contributed by atoms with E-state index in [2.05, 4.69) is 44.2 Å². The first kappa shape index (κ1) is 25.1. The van der Waals surface area contributed by atoms with E-state index in [1.54, 1.807) is 0 Å². The molecule has 188 valence electrons. The van der Waals surface area contributed by atoms with Crippen LogP contribution >= 0.6 is 0 Å². The summed E-state index contributed by atoms with van der Waals surface area (Å²) in [7, 11) is 1.44. The Kier molecular flexibility index (Phi) is 9.08. The second-order valence-corrected chi connectivity index (χ2v) is 9.26. The van der Waals surface area contributed by atoms with Gasteiger partial charge >= 0.3 is 5.97 Å². The number of esters is 1. The van der Waals surface area contributed by atoms with Crippen molar-refractivity contribution < 1.29 is 14.3 Å². The predicted octanol–water partition coefficient (Wildman–Crippen LogP) is 2.46. The molecule has 4 rings (SSSR count). The van der Waals surface area contributed by atoms with Crippen LogP contribution in [0.3, 0.4) is 0 Å². The molecule has 1 aromatic carbocycles. The Morgan fingerprint density at radius 2 is 1.63 bits per heavy atom. The maximum Gasteiger partial charge on any atom is 0.306 e. The van der Waals surface area contributed by atoms with Crippen molar-refractivity contribution in [3.8, 4) is 0 Å². The first-order valence-corrected chi connectivity index (χ1v) is 12.7. The zero-order chi connectivity index (χ0) is 24.5. The highest BCUT2D eigenvalue weighted by Crippen LogP contribution is 2.23. The number of piperazine rings is 1. The fourth-order valence-corrected chi connectivity index (χ4v) is 5.01. The highest BCUT2D eigenvalue weighted by molar-refractivity contribution is 5.79. The molecule has 0 N–H and O–H groups in total. The normalized spacial score (nSPS) is 17.5. The van der Waals surface area contributed by atoms with E-state index in [1.165, 1.54) is 18.4 Å². The number of methoxy groups -OCH3 is 1. The van der Waals surface area contributed by atoms with E-state index in [9.17, 15) is 9.59 Å². The fourth-order valence-electron chi connectivity index (χ4n) is 5.01. The van der Waals surface area contributed by atoms with Crippen molar-refractivity contribution in [1.82, 2.24) is 19.9 Å². The van der Waals surface area contributed by atoms with Gasteiger partial charge in [0, 0.05) is 76.4 Å². The van der Waals surface area contributed by atoms with Crippen molar-refractivity contribution in [2.75, 3.05) is 64.4 Å². The van der Waals surface area contributed by atoms with Gasteiger partial charge in [0.25, 0.3) is 0 Å². The third kappa shape index (κ3) is 7.02. The monoisotopic (exact) mass is 479 g/mol. The number of hydrogen-bond donors (Lipinski definition) is 0. The van der Waals surface area contributed by atoms with Crippen molar-refractivity contribution in [1.29, 1.82) is 0 Å². The molecule has 8 nitrogen and oxygen atoms in total. The smallest absolute Gasteiger partial charge is 0.306 e. The molecule has 0 radical (unpaired) electrons. The standard InChI is InChI=1S/C27H37N5O3/c1-35-26(33)12-18-31(15-9-23-5-3-2-4-6-23)32-16-10-24(11-17-32)27(34)30-21-19-29(20-22-30)25-7-13-28-14-8-25/h2-8,13-14,24H,9-12,15-22H2,1H3. The first-order valence-electron chi connectivity index (χ1n) is 12.7. The average molecular weight is 480 g/mol. The summed E-state index contributed by atoms with van der Waals surface area (Å²) in [4.78, 5) is 33.5. The third-order valence-corrected chi connectivity index (χ3v) is 7.14. The summed E-state index contributed by atoms with van der Waals surface area (Å²) in [5, 5.41) is 4.61. The van der Waals surface area contributed by atoms with Crippen LogP contribution in [0.15, 0.2) is 54.9 Å². The summed E-state index contributed by atoms with van der Waals surface area (Å²) in [6.45, 7) is 6.40. The minimum Gasteiger partial charge on any atom is -0.469 e. The molecular weight excluding hydrogens is 442 g/mol. The molecule has 0 atom stereocenters. The highest BCUT2D eigenvalue weighted by Gasteiger charge is 2.32. The molecule has 0 aliphatic carbocycles. The molecule has 2 aliphatic rings. The summed E-state index contributed by atoms with van der Waals surface area (Å²) < 4.78 is 4.86. The van der Waals surface area contributed by atoms with Gasteiger partial charge in [-0.25, -0.2) is 10.0 Å². The van der Waals surface area contributed by atoms with Crippen LogP contribution in [0.4, 0.5) is 5.69 Å². The average Bonchev–Trinajstić information content (AvgIpc) is 2.94. The molecule has 0 spiro atoms. The number of ether oxygens (including phenoxy) is 1. The topological polar surface area (TPSA) is 69.2 Å². The summed E-state index contributed by atoms with van der Waals surface area (Å²) in [5.74, 6) is 0.186. The molecule has 1 aromatic heterocycles. The van der Waals surface area contributed by atoms with Gasteiger partial charge in [0.15, 0.2) is 0 Å². The number of rotatable bonds is 9. The lowest BCUT2D eigenvalue weighted by Gasteiger charge is -2.42. The number of nitrogens with zero attached hydrogens (tertiary/aromatic N) is 5. The number of amides is 1. The van der Waals surface area contributed by atoms with Crippen LogP contribution in [0.25, 0.3) is 0 Å². The van der Waals surface area contributed by atoms with E-state index in [4.69, 9.17) is 4.74 Å². The zero-order valence-electron chi connectivity index (χ0n) is 20.7. The van der Waals surface area contributed by atoms with Crippen molar-refractivity contribution in [2.24, 2.45) is 5.92 Å². The lowest BCUT2D eigenvalue weighted by molar-refractivity contribution is -0.143. The molecule has 2 aliphatic heterocycles. The molecule has 8 heteroatoms. The second-order valence-electron chi connectivity index (χ2n) is 9.26. The third-order valence-electron chi connectivity index (χ3n) is 7.14. The van der Waals surface area contributed by atoms with Crippen LogP contribution < -0.4 is 4.90 Å². The second kappa shape index (κ2) is 12.7. The summed E-state index contributed by atoms with van der Waals surface area (Å²) in [5.41, 5.74) is 2.45. The summed E-state index contributed by atoms with van der Waals surface area (Å²) >= 11 is 0. The Morgan fingerprint density at radius 1 is 0.943 bits per heavy atom. The van der Waals surface area contributed by atoms with Crippen LogP contribution in [-0.4, -0.2) is 91.2 Å². The van der Waals surface area contributed by atoms with Crippen LogP contribution in [0.2, 0.25) is 0 Å². The molecule has 35 heavy (non-hydrogen) atoms. The number of aromatic nitrogens is 1. The predicted molar refractivity (Wildman–Crippen MR) is 136 cm³/mol. The van der Waals surface area contributed by atoms with Gasteiger partial charge in [-0.1, -0.05) is 30.3 Å². The van der Waals surface area contributed by atoms with Crippen molar-refractivity contribution in [3.05, 3.63) is 60.4 Å². The van der Waals surface area contributed by atoms with Gasteiger partial charge in [-0.3, -0.25) is 14.6 Å². The molecule has 1 amide bonds. The zero-order valence-corrected chi connectivity index (χ0v) is 20.7. The van der Waals surface area contributed by atoms with Crippen molar-refractivity contribution in [3.63, 3.8) is 0 Å². The van der Waals surface area contributed by atoms with Crippen LogP contribution in [0.1, 0.15) is 24.8 Å². The molecule has 2 saturated heterocycles. The van der Waals surface area contributed by atoms with E-state index >= 15 is 0 Å². The molecule has 0 saturated carbocycles. The number of benzene rings is 1. The van der Waals surface area contributed by atoms with Gasteiger partial charge in [0.1, 0.15) is 0 Å². The van der Waals surface area contributed by atoms with E-state index in [0.717, 1.165) is 65.1 Å². The number of hydrazine groups is 1. The van der Waals surface area contributed by atoms with E-state index in [-0.39, 0.29) is 11.9 Å². The summed E-state index contributed by atoms with van der Waals surface area (Å²) in [6.07, 6.45) is 6.62. The van der Waals surface area contributed by atoms with Crippen LogP contribution in [0, 0.1) is 5.92 Å². The number of pyridine rings is 1. The number of hydrogen-bond acceptors (Lipinski definition) is 7. The Labute approximate surface area is 208 Å². The van der Waals surface area contributed by atoms with Gasteiger partial charge in [0.05, 0.1) is 13.5 Å². The maximum absolute atomic E-state index is 13.2. The lowest BCUT2D eigenvalue weighted by Crippen LogP contribution is -2.53. The van der Waals surface area contributed by atoms with Gasteiger partial charge in [0.2, 0.25) is 5.91 Å². The summed E-state index contributed by atoms with van der Waals surface area (Å²) in [6, 6.07) is 14.5. The van der Waals surface area contributed by atoms with Crippen molar-refractivity contribution >= 4 is 17.6 Å². The number of anilines is 1. The Balaban J connectivity index is 1.27. The highest BCUT2D eigenvalue weighted by atomic mass is 16.5. The Morgan fingerprint density at radius 3 is 2.29 bits per heavy atom. The Hall–Kier alpha value is -2.97. The number of carbonyl (C=O) groups is 2. The maximum atomic E-state index is 13.2. The van der Waals surface area contributed by atoms with Gasteiger partial charge in [-0.05, 0) is 37.0 Å². The quantitative estimate of drug-likeness (QED) is 0.512. The molecule has 2 fully saturated rings.